The minimum atomic E-state index is 0.331. The summed E-state index contributed by atoms with van der Waals surface area (Å²) in [5, 5.41) is 3.45. The molecule has 1 N–H and O–H groups in total. The highest BCUT2D eigenvalue weighted by Crippen LogP contribution is 2.15. The van der Waals surface area contributed by atoms with Crippen molar-refractivity contribution in [1.82, 2.24) is 5.32 Å². The van der Waals surface area contributed by atoms with E-state index < -0.39 is 0 Å². The molecule has 2 rings (SSSR count). The van der Waals surface area contributed by atoms with E-state index in [1.54, 1.807) is 0 Å². The molecular formula is C14H16INO. The Balaban J connectivity index is 1.93. The predicted molar refractivity (Wildman–Crippen MR) is 77.9 cm³/mol. The van der Waals surface area contributed by atoms with Crippen LogP contribution in [0, 0.1) is 10.5 Å². The van der Waals surface area contributed by atoms with E-state index in [1.807, 2.05) is 19.1 Å². The highest BCUT2D eigenvalue weighted by Gasteiger charge is 2.05. The maximum absolute atomic E-state index is 5.53. The first-order valence-electron chi connectivity index (χ1n) is 5.69. The highest BCUT2D eigenvalue weighted by molar-refractivity contribution is 14.1. The standard InChI is InChI=1S/C14H16INO/c1-10-3-8-14(17-10)9-16-11(2)12-4-6-13(15)7-5-12/h3-8,11,16H,9H2,1-2H3. The van der Waals surface area contributed by atoms with Gasteiger partial charge in [-0.1, -0.05) is 12.1 Å². The number of hydrogen-bond acceptors (Lipinski definition) is 2. The Labute approximate surface area is 116 Å². The topological polar surface area (TPSA) is 25.2 Å². The van der Waals surface area contributed by atoms with E-state index in [2.05, 4.69) is 59.1 Å². The lowest BCUT2D eigenvalue weighted by Crippen LogP contribution is -2.17. The summed E-state index contributed by atoms with van der Waals surface area (Å²) in [6.07, 6.45) is 0. The molecule has 0 bridgehead atoms. The van der Waals surface area contributed by atoms with Crippen LogP contribution in [0.25, 0.3) is 0 Å². The Hall–Kier alpha value is -0.810. The zero-order valence-electron chi connectivity index (χ0n) is 10.0. The minimum absolute atomic E-state index is 0.331. The third-order valence-electron chi connectivity index (χ3n) is 2.75. The molecule has 0 aliphatic heterocycles. The monoisotopic (exact) mass is 341 g/mol. The molecule has 2 aromatic rings. The Morgan fingerprint density at radius 2 is 1.88 bits per heavy atom. The van der Waals surface area contributed by atoms with E-state index >= 15 is 0 Å². The third kappa shape index (κ3) is 3.57. The van der Waals surface area contributed by atoms with Crippen LogP contribution in [0.4, 0.5) is 0 Å². The van der Waals surface area contributed by atoms with Crippen molar-refractivity contribution in [2.24, 2.45) is 0 Å². The fourth-order valence-electron chi connectivity index (χ4n) is 1.70. The molecule has 0 amide bonds. The fraction of sp³-hybridized carbons (Fsp3) is 0.286. The molecule has 1 unspecified atom stereocenters. The van der Waals surface area contributed by atoms with Crippen LogP contribution < -0.4 is 5.32 Å². The second-order valence-corrected chi connectivity index (χ2v) is 5.41. The molecule has 0 fully saturated rings. The molecule has 2 nitrogen and oxygen atoms in total. The van der Waals surface area contributed by atoms with Gasteiger partial charge in [0.15, 0.2) is 0 Å². The van der Waals surface area contributed by atoms with Gasteiger partial charge in [0.1, 0.15) is 11.5 Å². The van der Waals surface area contributed by atoms with Crippen molar-refractivity contribution >= 4 is 22.6 Å². The molecule has 1 atom stereocenters. The molecule has 0 aliphatic carbocycles. The van der Waals surface area contributed by atoms with Crippen molar-refractivity contribution in [3.05, 3.63) is 57.1 Å². The van der Waals surface area contributed by atoms with Gasteiger partial charge in [0.05, 0.1) is 6.54 Å². The summed E-state index contributed by atoms with van der Waals surface area (Å²) in [4.78, 5) is 0. The van der Waals surface area contributed by atoms with Crippen molar-refractivity contribution < 1.29 is 4.42 Å². The Bertz CT molecular complexity index is 475. The number of rotatable bonds is 4. The van der Waals surface area contributed by atoms with Crippen LogP contribution in [0.15, 0.2) is 40.8 Å². The first-order chi connectivity index (χ1) is 8.15. The van der Waals surface area contributed by atoms with E-state index in [0.29, 0.717) is 6.04 Å². The van der Waals surface area contributed by atoms with Crippen molar-refractivity contribution in [2.75, 3.05) is 0 Å². The molecule has 0 aliphatic rings. The molecule has 1 aromatic carbocycles. The van der Waals surface area contributed by atoms with Gasteiger partial charge in [-0.25, -0.2) is 0 Å². The van der Waals surface area contributed by atoms with Gasteiger partial charge < -0.3 is 9.73 Å². The summed E-state index contributed by atoms with van der Waals surface area (Å²) < 4.78 is 6.79. The quantitative estimate of drug-likeness (QED) is 0.849. The van der Waals surface area contributed by atoms with Crippen LogP contribution in [0.3, 0.4) is 0 Å². The summed E-state index contributed by atoms with van der Waals surface area (Å²) >= 11 is 2.32. The number of halogens is 1. The maximum Gasteiger partial charge on any atom is 0.117 e. The average Bonchev–Trinajstić information content (AvgIpc) is 2.73. The van der Waals surface area contributed by atoms with Crippen LogP contribution in [0.5, 0.6) is 0 Å². The molecule has 1 aromatic heterocycles. The van der Waals surface area contributed by atoms with Crippen LogP contribution in [0.1, 0.15) is 30.0 Å². The number of aryl methyl sites for hydroxylation is 1. The Kier molecular flexibility index (Phi) is 4.23. The molecule has 3 heteroatoms. The summed E-state index contributed by atoms with van der Waals surface area (Å²) in [7, 11) is 0. The molecule has 17 heavy (non-hydrogen) atoms. The SMILES string of the molecule is Cc1ccc(CNC(C)c2ccc(I)cc2)o1. The van der Waals surface area contributed by atoms with E-state index in [1.165, 1.54) is 9.13 Å². The van der Waals surface area contributed by atoms with Crippen LogP contribution in [0.2, 0.25) is 0 Å². The molecule has 0 radical (unpaired) electrons. The van der Waals surface area contributed by atoms with Gasteiger partial charge in [-0.3, -0.25) is 0 Å². The highest BCUT2D eigenvalue weighted by atomic mass is 127. The number of nitrogens with one attached hydrogen (secondary N) is 1. The fourth-order valence-corrected chi connectivity index (χ4v) is 2.06. The first-order valence-corrected chi connectivity index (χ1v) is 6.77. The van der Waals surface area contributed by atoms with Crippen LogP contribution in [-0.4, -0.2) is 0 Å². The largest absolute Gasteiger partial charge is 0.465 e. The normalized spacial score (nSPS) is 12.6. The summed E-state index contributed by atoms with van der Waals surface area (Å²) in [5.41, 5.74) is 1.30. The summed E-state index contributed by atoms with van der Waals surface area (Å²) in [6.45, 7) is 4.89. The van der Waals surface area contributed by atoms with Crippen molar-refractivity contribution in [3.63, 3.8) is 0 Å². The van der Waals surface area contributed by atoms with Gasteiger partial charge in [-0.05, 0) is 66.3 Å². The van der Waals surface area contributed by atoms with Crippen molar-refractivity contribution in [1.29, 1.82) is 0 Å². The van der Waals surface area contributed by atoms with Crippen molar-refractivity contribution in [3.8, 4) is 0 Å². The lowest BCUT2D eigenvalue weighted by atomic mass is 10.1. The molecule has 1 heterocycles. The molecular weight excluding hydrogens is 325 g/mol. The maximum atomic E-state index is 5.53. The predicted octanol–water partition coefficient (Wildman–Crippen LogP) is 4.04. The van der Waals surface area contributed by atoms with E-state index in [-0.39, 0.29) is 0 Å². The zero-order chi connectivity index (χ0) is 12.3. The van der Waals surface area contributed by atoms with Crippen LogP contribution >= 0.6 is 22.6 Å². The van der Waals surface area contributed by atoms with E-state index in [0.717, 1.165) is 18.1 Å². The number of furan rings is 1. The summed E-state index contributed by atoms with van der Waals surface area (Å²) in [6, 6.07) is 12.9. The number of hydrogen-bond donors (Lipinski definition) is 1. The molecule has 0 saturated heterocycles. The summed E-state index contributed by atoms with van der Waals surface area (Å²) in [5.74, 6) is 1.95. The van der Waals surface area contributed by atoms with Gasteiger partial charge in [-0.15, -0.1) is 0 Å². The second kappa shape index (κ2) is 5.69. The van der Waals surface area contributed by atoms with Gasteiger partial charge in [0, 0.05) is 9.61 Å². The lowest BCUT2D eigenvalue weighted by molar-refractivity contribution is 0.444. The van der Waals surface area contributed by atoms with Gasteiger partial charge in [0.2, 0.25) is 0 Å². The Morgan fingerprint density at radius 1 is 1.18 bits per heavy atom. The molecule has 0 spiro atoms. The average molecular weight is 341 g/mol. The first kappa shape index (κ1) is 12.6. The molecule has 90 valence electrons. The van der Waals surface area contributed by atoms with Gasteiger partial charge >= 0.3 is 0 Å². The van der Waals surface area contributed by atoms with Gasteiger partial charge in [-0.2, -0.15) is 0 Å². The van der Waals surface area contributed by atoms with E-state index in [9.17, 15) is 0 Å². The second-order valence-electron chi connectivity index (χ2n) is 4.17. The van der Waals surface area contributed by atoms with Crippen LogP contribution in [-0.2, 0) is 6.54 Å². The number of benzene rings is 1. The van der Waals surface area contributed by atoms with E-state index in [4.69, 9.17) is 4.42 Å². The third-order valence-corrected chi connectivity index (χ3v) is 3.47. The lowest BCUT2D eigenvalue weighted by Gasteiger charge is -2.13. The Morgan fingerprint density at radius 3 is 2.47 bits per heavy atom. The van der Waals surface area contributed by atoms with Crippen molar-refractivity contribution in [2.45, 2.75) is 26.4 Å². The zero-order valence-corrected chi connectivity index (χ0v) is 12.2. The molecule has 0 saturated carbocycles. The minimum Gasteiger partial charge on any atom is -0.465 e. The smallest absolute Gasteiger partial charge is 0.117 e. The van der Waals surface area contributed by atoms with Gasteiger partial charge in [0.25, 0.3) is 0 Å².